The Labute approximate surface area is 194 Å². The molecule has 6 nitrogen and oxygen atoms in total. The van der Waals surface area contributed by atoms with Crippen molar-refractivity contribution in [3.63, 3.8) is 0 Å². The molecule has 1 aromatic heterocycles. The molecule has 0 radical (unpaired) electrons. The van der Waals surface area contributed by atoms with Crippen molar-refractivity contribution in [3.8, 4) is 11.4 Å². The lowest BCUT2D eigenvalue weighted by atomic mass is 9.78. The minimum Gasteiger partial charge on any atom is -0.497 e. The van der Waals surface area contributed by atoms with E-state index in [1.165, 1.54) is 0 Å². The second kappa shape index (κ2) is 8.37. The summed E-state index contributed by atoms with van der Waals surface area (Å²) < 4.78 is 19.2. The fourth-order valence-corrected chi connectivity index (χ4v) is 6.18. The number of amides is 1. The van der Waals surface area contributed by atoms with E-state index in [0.717, 1.165) is 53.9 Å². The number of anilines is 1. The number of hydrogen-bond acceptors (Lipinski definition) is 4. The van der Waals surface area contributed by atoms with Gasteiger partial charge >= 0.3 is 0 Å². The highest BCUT2D eigenvalue weighted by Crippen LogP contribution is 2.43. The number of benzene rings is 2. The van der Waals surface area contributed by atoms with E-state index in [1.807, 2.05) is 48.5 Å². The lowest BCUT2D eigenvalue weighted by molar-refractivity contribution is -0.121. The highest BCUT2D eigenvalue weighted by molar-refractivity contribution is 7.83. The standard InChI is InChI=1S/C24H24ClN3O3S/c1-31-19-10-8-18(9-11-19)28-22(20-14-32(30)15-21(20)27-28)26-23(29)24(12-2-3-13-24)16-4-6-17(25)7-5-16/h4-11H,2-3,12-15H2,1H3,(H,26,29)/t32-/m1/s1. The van der Waals surface area contributed by atoms with Crippen LogP contribution in [0, 0.1) is 0 Å². The molecule has 1 saturated carbocycles. The molecule has 0 unspecified atom stereocenters. The molecule has 0 saturated heterocycles. The summed E-state index contributed by atoms with van der Waals surface area (Å²) >= 11 is 6.10. The van der Waals surface area contributed by atoms with Crippen LogP contribution in [0.4, 0.5) is 5.82 Å². The monoisotopic (exact) mass is 469 g/mol. The van der Waals surface area contributed by atoms with Gasteiger partial charge in [0.15, 0.2) is 0 Å². The van der Waals surface area contributed by atoms with E-state index in [9.17, 15) is 9.00 Å². The van der Waals surface area contributed by atoms with E-state index in [1.54, 1.807) is 11.8 Å². The molecule has 0 bridgehead atoms. The minimum absolute atomic E-state index is 0.0486. The second-order valence-corrected chi connectivity index (χ2v) is 10.3. The molecule has 2 aromatic carbocycles. The van der Waals surface area contributed by atoms with E-state index in [-0.39, 0.29) is 5.91 Å². The van der Waals surface area contributed by atoms with Crippen LogP contribution in [-0.4, -0.2) is 27.0 Å². The summed E-state index contributed by atoms with van der Waals surface area (Å²) in [7, 11) is 0.625. The van der Waals surface area contributed by atoms with Crippen molar-refractivity contribution in [2.45, 2.75) is 42.6 Å². The molecule has 0 spiro atoms. The maximum Gasteiger partial charge on any atom is 0.236 e. The molecule has 2 aliphatic rings. The molecule has 1 aliphatic heterocycles. The summed E-state index contributed by atoms with van der Waals surface area (Å²) in [6, 6.07) is 15.1. The number of fused-ring (bicyclic) bond motifs is 1. The third-order valence-electron chi connectivity index (χ3n) is 6.51. The Morgan fingerprint density at radius 2 is 1.78 bits per heavy atom. The summed E-state index contributed by atoms with van der Waals surface area (Å²) in [5, 5.41) is 8.55. The van der Waals surface area contributed by atoms with Gasteiger partial charge in [-0.3, -0.25) is 9.00 Å². The van der Waals surface area contributed by atoms with Crippen LogP contribution in [-0.2, 0) is 32.5 Å². The number of aromatic nitrogens is 2. The maximum absolute atomic E-state index is 13.8. The van der Waals surface area contributed by atoms with E-state index >= 15 is 0 Å². The number of methoxy groups -OCH3 is 1. The first-order valence-electron chi connectivity index (χ1n) is 10.7. The number of ether oxygens (including phenoxy) is 1. The van der Waals surface area contributed by atoms with Crippen LogP contribution in [0.2, 0.25) is 5.02 Å². The zero-order valence-electron chi connectivity index (χ0n) is 17.8. The van der Waals surface area contributed by atoms with Crippen LogP contribution in [0.3, 0.4) is 0 Å². The number of carbonyl (C=O) groups excluding carboxylic acids is 1. The number of nitrogens with one attached hydrogen (secondary N) is 1. The zero-order valence-corrected chi connectivity index (χ0v) is 19.3. The lowest BCUT2D eigenvalue weighted by Gasteiger charge is -2.28. The van der Waals surface area contributed by atoms with Gasteiger partial charge in [0.1, 0.15) is 11.6 Å². The summed E-state index contributed by atoms with van der Waals surface area (Å²) in [5.41, 5.74) is 2.82. The number of rotatable bonds is 5. The third-order valence-corrected chi connectivity index (χ3v) is 7.97. The Hall–Kier alpha value is -2.64. The van der Waals surface area contributed by atoms with Crippen molar-refractivity contribution < 1.29 is 13.7 Å². The topological polar surface area (TPSA) is 73.2 Å². The highest BCUT2D eigenvalue weighted by Gasteiger charge is 2.43. The Kier molecular flexibility index (Phi) is 5.55. The third kappa shape index (κ3) is 3.63. The van der Waals surface area contributed by atoms with Gasteiger partial charge in [0.2, 0.25) is 5.91 Å². The van der Waals surface area contributed by atoms with Gasteiger partial charge in [-0.05, 0) is 54.8 Å². The van der Waals surface area contributed by atoms with Gasteiger partial charge in [0, 0.05) is 21.4 Å². The molecule has 166 valence electrons. The van der Waals surface area contributed by atoms with E-state index in [2.05, 4.69) is 5.32 Å². The Morgan fingerprint density at radius 1 is 1.09 bits per heavy atom. The average Bonchev–Trinajstić information content (AvgIpc) is 3.51. The fraction of sp³-hybridized carbons (Fsp3) is 0.333. The first-order chi connectivity index (χ1) is 15.5. The van der Waals surface area contributed by atoms with E-state index in [4.69, 9.17) is 21.4 Å². The maximum atomic E-state index is 13.8. The van der Waals surface area contributed by atoms with Gasteiger partial charge < -0.3 is 10.1 Å². The Balaban J connectivity index is 1.54. The van der Waals surface area contributed by atoms with Crippen LogP contribution >= 0.6 is 11.6 Å². The normalized spacial score (nSPS) is 19.0. The predicted octanol–water partition coefficient (Wildman–Crippen LogP) is 4.75. The molecule has 1 fully saturated rings. The van der Waals surface area contributed by atoms with Gasteiger partial charge in [-0.25, -0.2) is 4.68 Å². The number of carbonyl (C=O) groups is 1. The molecule has 32 heavy (non-hydrogen) atoms. The van der Waals surface area contributed by atoms with Gasteiger partial charge in [0.25, 0.3) is 0 Å². The van der Waals surface area contributed by atoms with Crippen LogP contribution in [0.5, 0.6) is 5.75 Å². The minimum atomic E-state index is -0.996. The highest BCUT2D eigenvalue weighted by atomic mass is 35.5. The molecule has 8 heteroatoms. The summed E-state index contributed by atoms with van der Waals surface area (Å²) in [6.45, 7) is 0. The van der Waals surface area contributed by atoms with Gasteiger partial charge in [-0.1, -0.05) is 36.6 Å². The Bertz CT molecular complexity index is 1180. The SMILES string of the molecule is COc1ccc(-n2nc3c(c2NC(=O)C2(c4ccc(Cl)cc4)CCCC2)C[S@@](=O)C3)cc1. The van der Waals surface area contributed by atoms with E-state index < -0.39 is 16.2 Å². The van der Waals surface area contributed by atoms with Crippen LogP contribution in [0.15, 0.2) is 48.5 Å². The molecule has 1 N–H and O–H groups in total. The molecule has 1 amide bonds. The molecule has 3 aromatic rings. The van der Waals surface area contributed by atoms with Gasteiger partial charge in [-0.15, -0.1) is 0 Å². The van der Waals surface area contributed by atoms with Crippen LogP contribution < -0.4 is 10.1 Å². The average molecular weight is 470 g/mol. The number of nitrogens with zero attached hydrogens (tertiary/aromatic N) is 2. The zero-order chi connectivity index (χ0) is 22.3. The summed E-state index contributed by atoms with van der Waals surface area (Å²) in [5.74, 6) is 2.11. The molecular formula is C24H24ClN3O3S. The fourth-order valence-electron chi connectivity index (χ4n) is 4.79. The lowest BCUT2D eigenvalue weighted by Crippen LogP contribution is -2.38. The van der Waals surface area contributed by atoms with Crippen molar-refractivity contribution in [1.29, 1.82) is 0 Å². The summed E-state index contributed by atoms with van der Waals surface area (Å²) in [6.07, 6.45) is 3.56. The number of halogens is 1. The van der Waals surface area contributed by atoms with E-state index in [0.29, 0.717) is 22.3 Å². The van der Waals surface area contributed by atoms with Crippen LogP contribution in [0.1, 0.15) is 42.5 Å². The van der Waals surface area contributed by atoms with Crippen molar-refractivity contribution in [1.82, 2.24) is 9.78 Å². The number of hydrogen-bond donors (Lipinski definition) is 1. The van der Waals surface area contributed by atoms with Crippen molar-refractivity contribution >= 4 is 34.1 Å². The first kappa shape index (κ1) is 21.2. The van der Waals surface area contributed by atoms with Crippen molar-refractivity contribution in [3.05, 3.63) is 70.4 Å². The van der Waals surface area contributed by atoms with Crippen molar-refractivity contribution in [2.24, 2.45) is 0 Å². The van der Waals surface area contributed by atoms with Gasteiger partial charge in [0.05, 0.1) is 35.4 Å². The predicted molar refractivity (Wildman–Crippen MR) is 126 cm³/mol. The molecule has 1 atom stereocenters. The molecular weight excluding hydrogens is 446 g/mol. The Morgan fingerprint density at radius 3 is 2.44 bits per heavy atom. The van der Waals surface area contributed by atoms with Gasteiger partial charge in [-0.2, -0.15) is 5.10 Å². The molecule has 1 aliphatic carbocycles. The van der Waals surface area contributed by atoms with Crippen LogP contribution in [0.25, 0.3) is 5.69 Å². The smallest absolute Gasteiger partial charge is 0.236 e. The van der Waals surface area contributed by atoms with Crippen molar-refractivity contribution in [2.75, 3.05) is 12.4 Å². The molecule has 2 heterocycles. The quantitative estimate of drug-likeness (QED) is 0.585. The summed E-state index contributed by atoms with van der Waals surface area (Å²) in [4.78, 5) is 13.8. The largest absolute Gasteiger partial charge is 0.497 e. The first-order valence-corrected chi connectivity index (χ1v) is 12.5. The second-order valence-electron chi connectivity index (χ2n) is 8.36. The molecule has 5 rings (SSSR count).